The number of anilines is 1. The molecular formula is C32H34N4O4. The van der Waals surface area contributed by atoms with Gasteiger partial charge in [0, 0.05) is 23.4 Å². The lowest BCUT2D eigenvalue weighted by Crippen LogP contribution is -2.31. The van der Waals surface area contributed by atoms with Gasteiger partial charge in [-0.25, -0.2) is 14.6 Å². The van der Waals surface area contributed by atoms with Crippen molar-refractivity contribution in [2.75, 3.05) is 12.3 Å². The number of nitrogens with one attached hydrogen (secondary N) is 1. The van der Waals surface area contributed by atoms with E-state index in [1.807, 2.05) is 81.4 Å². The van der Waals surface area contributed by atoms with Crippen LogP contribution in [0.5, 0.6) is 0 Å². The summed E-state index contributed by atoms with van der Waals surface area (Å²) >= 11 is 0. The summed E-state index contributed by atoms with van der Waals surface area (Å²) in [4.78, 5) is 34.9. The number of likely N-dealkylation sites (tertiary alicyclic amines) is 1. The highest BCUT2D eigenvalue weighted by Crippen LogP contribution is 2.34. The number of nitrogens with zero attached hydrogens (tertiary/aromatic N) is 2. The zero-order valence-corrected chi connectivity index (χ0v) is 23.0. The van der Waals surface area contributed by atoms with Crippen LogP contribution in [0.1, 0.15) is 61.4 Å². The normalized spacial score (nSPS) is 15.2. The largest absolute Gasteiger partial charge is 0.456 e. The van der Waals surface area contributed by atoms with Crippen LogP contribution in [-0.4, -0.2) is 39.1 Å². The minimum atomic E-state index is -0.551. The number of ether oxygens (including phenoxy) is 2. The van der Waals surface area contributed by atoms with Crippen molar-refractivity contribution in [2.24, 2.45) is 0 Å². The molecule has 1 unspecified atom stereocenters. The molecule has 0 bridgehead atoms. The maximum absolute atomic E-state index is 12.8. The van der Waals surface area contributed by atoms with Crippen molar-refractivity contribution in [1.82, 2.24) is 14.9 Å². The van der Waals surface area contributed by atoms with E-state index in [1.54, 1.807) is 23.2 Å². The summed E-state index contributed by atoms with van der Waals surface area (Å²) in [7, 11) is 0. The Hall–Kier alpha value is -4.59. The Morgan fingerprint density at radius 1 is 1.02 bits per heavy atom. The van der Waals surface area contributed by atoms with E-state index in [9.17, 15) is 9.59 Å². The van der Waals surface area contributed by atoms with E-state index in [1.165, 1.54) is 0 Å². The van der Waals surface area contributed by atoms with Crippen LogP contribution in [0.2, 0.25) is 0 Å². The first-order valence-corrected chi connectivity index (χ1v) is 13.4. The van der Waals surface area contributed by atoms with Crippen LogP contribution in [0.3, 0.4) is 0 Å². The number of rotatable bonds is 6. The van der Waals surface area contributed by atoms with E-state index in [2.05, 4.69) is 9.97 Å². The Labute approximate surface area is 234 Å². The first-order chi connectivity index (χ1) is 19.2. The average molecular weight is 539 g/mol. The van der Waals surface area contributed by atoms with Crippen molar-refractivity contribution >= 4 is 17.7 Å². The predicted octanol–water partition coefficient (Wildman–Crippen LogP) is 6.75. The van der Waals surface area contributed by atoms with E-state index in [-0.39, 0.29) is 24.7 Å². The van der Waals surface area contributed by atoms with Crippen LogP contribution >= 0.6 is 0 Å². The highest BCUT2D eigenvalue weighted by Gasteiger charge is 2.33. The van der Waals surface area contributed by atoms with E-state index < -0.39 is 5.60 Å². The molecule has 3 N–H and O–H groups in total. The predicted molar refractivity (Wildman–Crippen MR) is 154 cm³/mol. The Morgan fingerprint density at radius 2 is 1.75 bits per heavy atom. The molecule has 8 heteroatoms. The molecule has 8 nitrogen and oxygen atoms in total. The van der Waals surface area contributed by atoms with Crippen molar-refractivity contribution < 1.29 is 19.1 Å². The fraction of sp³-hybridized carbons (Fsp3) is 0.281. The van der Waals surface area contributed by atoms with Crippen molar-refractivity contribution in [3.8, 4) is 22.4 Å². The van der Waals surface area contributed by atoms with Crippen molar-refractivity contribution in [3.63, 3.8) is 0 Å². The summed E-state index contributed by atoms with van der Waals surface area (Å²) in [5.41, 5.74) is 11.4. The number of carbonyl (C=O) groups is 2. The molecule has 0 radical (unpaired) electrons. The number of hydrogen-bond acceptors (Lipinski definition) is 6. The van der Waals surface area contributed by atoms with Gasteiger partial charge in [-0.15, -0.1) is 0 Å². The topological polar surface area (TPSA) is 111 Å². The second-order valence-corrected chi connectivity index (χ2v) is 11.0. The molecular weight excluding hydrogens is 504 g/mol. The summed E-state index contributed by atoms with van der Waals surface area (Å²) in [5, 5.41) is 0. The number of aromatic nitrogens is 2. The number of H-pyrrole nitrogens is 1. The molecule has 3 aromatic carbocycles. The molecule has 1 aliphatic heterocycles. The van der Waals surface area contributed by atoms with Crippen LogP contribution in [0.4, 0.5) is 10.5 Å². The van der Waals surface area contributed by atoms with Gasteiger partial charge in [-0.3, -0.25) is 4.90 Å². The number of amides is 1. The fourth-order valence-corrected chi connectivity index (χ4v) is 4.84. The summed E-state index contributed by atoms with van der Waals surface area (Å²) in [6, 6.07) is 22.5. The molecule has 4 aromatic rings. The highest BCUT2D eigenvalue weighted by atomic mass is 16.6. The number of carbonyl (C=O) groups excluding carboxylic acids is 2. The lowest BCUT2D eigenvalue weighted by atomic mass is 9.99. The molecule has 0 aliphatic carbocycles. The van der Waals surface area contributed by atoms with Crippen LogP contribution in [0, 0.1) is 0 Å². The molecule has 1 aromatic heterocycles. The van der Waals surface area contributed by atoms with Crippen LogP contribution in [-0.2, 0) is 16.1 Å². The second kappa shape index (κ2) is 11.3. The molecule has 5 rings (SSSR count). The number of benzene rings is 3. The van der Waals surface area contributed by atoms with Gasteiger partial charge in [0.2, 0.25) is 0 Å². The van der Waals surface area contributed by atoms with Gasteiger partial charge in [0.15, 0.2) is 0 Å². The van der Waals surface area contributed by atoms with Gasteiger partial charge in [0.1, 0.15) is 18.0 Å². The van der Waals surface area contributed by atoms with Crippen molar-refractivity contribution in [2.45, 2.75) is 51.9 Å². The summed E-state index contributed by atoms with van der Waals surface area (Å²) in [6.07, 6.45) is 3.13. The number of aromatic amines is 1. The third kappa shape index (κ3) is 6.17. The van der Waals surface area contributed by atoms with Gasteiger partial charge < -0.3 is 20.2 Å². The highest BCUT2D eigenvalue weighted by molar-refractivity contribution is 5.91. The minimum Gasteiger partial charge on any atom is -0.456 e. The van der Waals surface area contributed by atoms with Crippen LogP contribution in [0.15, 0.2) is 79.0 Å². The number of hydrogen-bond donors (Lipinski definition) is 2. The molecule has 206 valence electrons. The number of nitrogen functional groups attached to an aromatic ring is 1. The van der Waals surface area contributed by atoms with Gasteiger partial charge in [-0.05, 0) is 62.9 Å². The SMILES string of the molecule is CC(C)(C)OC(=O)c1ccc(-c2ccc(-c3cnc(C4CCCN4C(=O)OCc4ccccc4)[nH]3)cc2N)cc1. The van der Waals surface area contributed by atoms with Crippen molar-refractivity contribution in [3.05, 3.63) is 95.9 Å². The molecule has 2 heterocycles. The van der Waals surface area contributed by atoms with E-state index in [0.717, 1.165) is 46.6 Å². The molecule has 0 spiro atoms. The minimum absolute atomic E-state index is 0.169. The van der Waals surface area contributed by atoms with Gasteiger partial charge in [0.25, 0.3) is 0 Å². The number of esters is 1. The summed E-state index contributed by atoms with van der Waals surface area (Å²) in [5.74, 6) is 0.368. The molecule has 40 heavy (non-hydrogen) atoms. The lowest BCUT2D eigenvalue weighted by molar-refractivity contribution is 0.00694. The molecule has 1 saturated heterocycles. The maximum Gasteiger partial charge on any atom is 0.410 e. The van der Waals surface area contributed by atoms with Gasteiger partial charge in [0.05, 0.1) is 23.5 Å². The number of imidazole rings is 1. The molecule has 1 atom stereocenters. The Balaban J connectivity index is 1.27. The zero-order valence-electron chi connectivity index (χ0n) is 23.0. The van der Waals surface area contributed by atoms with Crippen LogP contribution in [0.25, 0.3) is 22.4 Å². The van der Waals surface area contributed by atoms with Crippen molar-refractivity contribution in [1.29, 1.82) is 0 Å². The fourth-order valence-electron chi connectivity index (χ4n) is 4.84. The molecule has 1 fully saturated rings. The Bertz CT molecular complexity index is 1490. The maximum atomic E-state index is 12.8. The first-order valence-electron chi connectivity index (χ1n) is 13.4. The van der Waals surface area contributed by atoms with E-state index in [4.69, 9.17) is 15.2 Å². The number of nitrogens with two attached hydrogens (primary N) is 1. The third-order valence-electron chi connectivity index (χ3n) is 6.80. The molecule has 1 aliphatic rings. The summed E-state index contributed by atoms with van der Waals surface area (Å²) in [6.45, 7) is 6.39. The average Bonchev–Trinajstić information content (AvgIpc) is 3.62. The Morgan fingerprint density at radius 3 is 2.45 bits per heavy atom. The van der Waals surface area contributed by atoms with Gasteiger partial charge >= 0.3 is 12.1 Å². The second-order valence-electron chi connectivity index (χ2n) is 11.0. The summed E-state index contributed by atoms with van der Waals surface area (Å²) < 4.78 is 11.0. The quantitative estimate of drug-likeness (QED) is 0.207. The molecule has 0 saturated carbocycles. The lowest BCUT2D eigenvalue weighted by Gasteiger charge is -2.22. The van der Waals surface area contributed by atoms with Gasteiger partial charge in [-0.2, -0.15) is 0 Å². The zero-order chi connectivity index (χ0) is 28.3. The monoisotopic (exact) mass is 538 g/mol. The standard InChI is InChI=1S/C32H34N4O4/c1-32(2,3)40-30(37)23-13-11-22(12-14-23)25-16-15-24(18-26(25)33)27-19-34-29(35-27)28-10-7-17-36(28)31(38)39-20-21-8-5-4-6-9-21/h4-6,8-9,11-16,18-19,28H,7,10,17,20,33H2,1-3H3,(H,34,35). The first kappa shape index (κ1) is 27.0. The smallest absolute Gasteiger partial charge is 0.410 e. The van der Waals surface area contributed by atoms with E-state index in [0.29, 0.717) is 17.8 Å². The van der Waals surface area contributed by atoms with E-state index >= 15 is 0 Å². The van der Waals surface area contributed by atoms with Gasteiger partial charge in [-0.1, -0.05) is 54.6 Å². The van der Waals surface area contributed by atoms with Crippen LogP contribution < -0.4 is 5.73 Å². The molecule has 1 amide bonds. The Kier molecular flexibility index (Phi) is 7.60. The third-order valence-corrected chi connectivity index (χ3v) is 6.80.